The van der Waals surface area contributed by atoms with Gasteiger partial charge < -0.3 is 5.01 Å². The number of hydrazone groups is 1. The zero-order chi connectivity index (χ0) is 11.1. The summed E-state index contributed by atoms with van der Waals surface area (Å²) in [4.78, 5) is 0. The van der Waals surface area contributed by atoms with Crippen molar-refractivity contribution in [3.63, 3.8) is 0 Å². The molecule has 82 valence electrons. The lowest BCUT2D eigenvalue weighted by Crippen LogP contribution is -2.13. The van der Waals surface area contributed by atoms with Gasteiger partial charge in [0.25, 0.3) is 0 Å². The van der Waals surface area contributed by atoms with Crippen LogP contribution in [0.4, 0.5) is 0 Å². The number of nitrogens with zero attached hydrogens (tertiary/aromatic N) is 2. The Bertz CT molecular complexity index is 212. The number of hydrogen-bond donors (Lipinski definition) is 0. The maximum atomic E-state index is 4.52. The van der Waals surface area contributed by atoms with Crippen molar-refractivity contribution >= 4 is 5.71 Å². The van der Waals surface area contributed by atoms with Crippen molar-refractivity contribution in [1.82, 2.24) is 5.01 Å². The largest absolute Gasteiger partial charge is 0.303 e. The van der Waals surface area contributed by atoms with Crippen LogP contribution in [0.2, 0.25) is 0 Å². The van der Waals surface area contributed by atoms with E-state index in [1.807, 2.05) is 19.1 Å². The molecule has 0 amide bonds. The van der Waals surface area contributed by atoms with E-state index in [1.165, 1.54) is 11.3 Å². The van der Waals surface area contributed by atoms with E-state index < -0.39 is 0 Å². The van der Waals surface area contributed by atoms with Gasteiger partial charge in [-0.3, -0.25) is 0 Å². The first-order valence-corrected chi connectivity index (χ1v) is 5.48. The molecule has 0 bridgehead atoms. The summed E-state index contributed by atoms with van der Waals surface area (Å²) in [7, 11) is 3.94. The van der Waals surface area contributed by atoms with Crippen LogP contribution in [0.3, 0.4) is 0 Å². The van der Waals surface area contributed by atoms with Crippen LogP contribution < -0.4 is 0 Å². The third-order valence-electron chi connectivity index (χ3n) is 2.03. The highest BCUT2D eigenvalue weighted by atomic mass is 15.4. The minimum absolute atomic E-state index is 0.564. The molecule has 0 unspecified atom stereocenters. The third-order valence-corrected chi connectivity index (χ3v) is 2.03. The molecule has 0 aromatic carbocycles. The fourth-order valence-corrected chi connectivity index (χ4v) is 1.48. The van der Waals surface area contributed by atoms with Gasteiger partial charge in [-0.1, -0.05) is 33.8 Å². The molecular weight excluding hydrogens is 172 g/mol. The van der Waals surface area contributed by atoms with E-state index in [-0.39, 0.29) is 0 Å². The van der Waals surface area contributed by atoms with Gasteiger partial charge in [0.15, 0.2) is 0 Å². The van der Waals surface area contributed by atoms with Gasteiger partial charge in [-0.05, 0) is 24.3 Å². The van der Waals surface area contributed by atoms with E-state index in [1.54, 1.807) is 0 Å². The van der Waals surface area contributed by atoms with Crippen molar-refractivity contribution < 1.29 is 0 Å². The average molecular weight is 196 g/mol. The molecule has 0 N–H and O–H groups in total. The van der Waals surface area contributed by atoms with Crippen LogP contribution in [-0.2, 0) is 0 Å². The average Bonchev–Trinajstić information content (AvgIpc) is 2.10. The molecule has 0 aliphatic rings. The first kappa shape index (κ1) is 13.2. The van der Waals surface area contributed by atoms with Gasteiger partial charge in [0.05, 0.1) is 5.71 Å². The molecule has 0 saturated carbocycles. The van der Waals surface area contributed by atoms with Crippen LogP contribution in [0.5, 0.6) is 0 Å². The van der Waals surface area contributed by atoms with Crippen LogP contribution in [0.15, 0.2) is 16.8 Å². The van der Waals surface area contributed by atoms with Gasteiger partial charge in [0, 0.05) is 14.1 Å². The summed E-state index contributed by atoms with van der Waals surface area (Å²) in [6.07, 6.45) is 4.37. The second-order valence-electron chi connectivity index (χ2n) is 3.97. The Labute approximate surface area is 88.7 Å². The van der Waals surface area contributed by atoms with Crippen LogP contribution >= 0.6 is 0 Å². The lowest BCUT2D eigenvalue weighted by molar-refractivity contribution is 0.436. The van der Waals surface area contributed by atoms with Crippen LogP contribution in [0.1, 0.15) is 40.5 Å². The van der Waals surface area contributed by atoms with E-state index in [0.717, 1.165) is 12.8 Å². The molecular formula is C12H24N2. The third kappa shape index (κ3) is 4.45. The van der Waals surface area contributed by atoms with Crippen molar-refractivity contribution in [2.45, 2.75) is 40.5 Å². The molecule has 0 aromatic heterocycles. The number of hydrogen-bond acceptors (Lipinski definition) is 2. The predicted octanol–water partition coefficient (Wildman–Crippen LogP) is 3.31. The van der Waals surface area contributed by atoms with Gasteiger partial charge >= 0.3 is 0 Å². The molecule has 0 saturated heterocycles. The van der Waals surface area contributed by atoms with E-state index in [9.17, 15) is 0 Å². The summed E-state index contributed by atoms with van der Waals surface area (Å²) in [6, 6.07) is 0. The van der Waals surface area contributed by atoms with Gasteiger partial charge in [-0.2, -0.15) is 5.10 Å². The molecule has 0 heterocycles. The highest BCUT2D eigenvalue weighted by Crippen LogP contribution is 2.15. The predicted molar refractivity (Wildman–Crippen MR) is 64.6 cm³/mol. The Balaban J connectivity index is 4.86. The van der Waals surface area contributed by atoms with Crippen molar-refractivity contribution in [2.75, 3.05) is 14.1 Å². The van der Waals surface area contributed by atoms with Gasteiger partial charge in [0.1, 0.15) is 0 Å². The van der Waals surface area contributed by atoms with Gasteiger partial charge in [0.2, 0.25) is 0 Å². The van der Waals surface area contributed by atoms with Crippen molar-refractivity contribution in [1.29, 1.82) is 0 Å². The lowest BCUT2D eigenvalue weighted by Gasteiger charge is -2.15. The summed E-state index contributed by atoms with van der Waals surface area (Å²) < 4.78 is 0. The quantitative estimate of drug-likeness (QED) is 0.486. The maximum Gasteiger partial charge on any atom is 0.0633 e. The second kappa shape index (κ2) is 6.63. The smallest absolute Gasteiger partial charge is 0.0633 e. The molecule has 0 aromatic rings. The zero-order valence-corrected chi connectivity index (χ0v) is 10.5. The molecule has 0 spiro atoms. The molecule has 0 aliphatic heterocycles. The van der Waals surface area contributed by atoms with Crippen LogP contribution in [0.25, 0.3) is 0 Å². The lowest BCUT2D eigenvalue weighted by atomic mass is 9.96. The minimum Gasteiger partial charge on any atom is -0.303 e. The Hall–Kier alpha value is -0.790. The second-order valence-corrected chi connectivity index (χ2v) is 3.97. The zero-order valence-electron chi connectivity index (χ0n) is 10.5. The Morgan fingerprint density at radius 1 is 1.29 bits per heavy atom. The number of allylic oxidation sites excluding steroid dienone is 2. The van der Waals surface area contributed by atoms with Crippen molar-refractivity contribution in [3.05, 3.63) is 11.6 Å². The van der Waals surface area contributed by atoms with Crippen molar-refractivity contribution in [2.24, 2.45) is 11.0 Å². The van der Waals surface area contributed by atoms with Crippen LogP contribution in [-0.4, -0.2) is 24.8 Å². The first-order chi connectivity index (χ1) is 6.52. The van der Waals surface area contributed by atoms with Crippen molar-refractivity contribution in [3.8, 4) is 0 Å². The van der Waals surface area contributed by atoms with Gasteiger partial charge in [-0.25, -0.2) is 0 Å². The molecule has 0 rings (SSSR count). The van der Waals surface area contributed by atoms with E-state index in [0.29, 0.717) is 5.92 Å². The fourth-order valence-electron chi connectivity index (χ4n) is 1.48. The normalized spacial score (nSPS) is 13.6. The Morgan fingerprint density at radius 2 is 1.86 bits per heavy atom. The monoisotopic (exact) mass is 196 g/mol. The standard InChI is InChI=1S/C12H24N2/c1-7-9-11(10(3)4)12(8-2)13-14(5)6/h9-10H,7-8H2,1-6H3/b11-9+,13-12-. The number of rotatable bonds is 5. The summed E-state index contributed by atoms with van der Waals surface area (Å²) in [5.74, 6) is 0.564. The van der Waals surface area contributed by atoms with E-state index in [2.05, 4.69) is 38.9 Å². The summed E-state index contributed by atoms with van der Waals surface area (Å²) in [6.45, 7) is 8.78. The van der Waals surface area contributed by atoms with Crippen LogP contribution in [0, 0.1) is 5.92 Å². The molecule has 2 nitrogen and oxygen atoms in total. The first-order valence-electron chi connectivity index (χ1n) is 5.48. The Morgan fingerprint density at radius 3 is 2.14 bits per heavy atom. The minimum atomic E-state index is 0.564. The molecule has 14 heavy (non-hydrogen) atoms. The fraction of sp³-hybridized carbons (Fsp3) is 0.750. The van der Waals surface area contributed by atoms with Gasteiger partial charge in [-0.15, -0.1) is 0 Å². The molecule has 0 fully saturated rings. The summed E-state index contributed by atoms with van der Waals surface area (Å²) in [5, 5.41) is 6.40. The molecule has 2 heteroatoms. The van der Waals surface area contributed by atoms with E-state index in [4.69, 9.17) is 0 Å². The molecule has 0 radical (unpaired) electrons. The Kier molecular flexibility index (Phi) is 6.26. The highest BCUT2D eigenvalue weighted by Gasteiger charge is 2.09. The topological polar surface area (TPSA) is 15.6 Å². The summed E-state index contributed by atoms with van der Waals surface area (Å²) in [5.41, 5.74) is 2.61. The molecule has 0 atom stereocenters. The highest BCUT2D eigenvalue weighted by molar-refractivity contribution is 6.00. The summed E-state index contributed by atoms with van der Waals surface area (Å²) >= 11 is 0. The maximum absolute atomic E-state index is 4.52. The van der Waals surface area contributed by atoms with E-state index >= 15 is 0 Å². The molecule has 0 aliphatic carbocycles. The SMILES string of the molecule is CC/C=C(/C(CC)=N\N(C)C)C(C)C.